The molecule has 0 bridgehead atoms. The maximum absolute atomic E-state index is 8.69. The standard InChI is InChI=1S/C16H21N3OS.ClH/c1-16(2)8-10-11(9-20-16)21-15-13(10)14(17)19-7-5-3-4-6-12(19)18-15;/h17H,3-9H2,1-2H3;1H. The first-order valence-corrected chi connectivity index (χ1v) is 8.59. The lowest BCUT2D eigenvalue weighted by Gasteiger charge is -2.30. The molecule has 0 radical (unpaired) electrons. The molecule has 2 aliphatic heterocycles. The predicted molar refractivity (Wildman–Crippen MR) is 90.8 cm³/mol. The first-order chi connectivity index (χ1) is 10.1. The van der Waals surface area contributed by atoms with Crippen LogP contribution in [0.3, 0.4) is 0 Å². The number of nitrogens with one attached hydrogen (secondary N) is 1. The molecule has 0 fully saturated rings. The van der Waals surface area contributed by atoms with E-state index in [0.29, 0.717) is 12.1 Å². The number of nitrogens with zero attached hydrogens (tertiary/aromatic N) is 2. The van der Waals surface area contributed by atoms with Crippen molar-refractivity contribution in [2.24, 2.45) is 0 Å². The molecule has 2 aromatic heterocycles. The maximum atomic E-state index is 8.69. The minimum Gasteiger partial charge on any atom is -0.370 e. The van der Waals surface area contributed by atoms with Gasteiger partial charge in [-0.25, -0.2) is 4.98 Å². The molecule has 1 N–H and O–H groups in total. The number of ether oxygens (including phenoxy) is 1. The molecular formula is C16H22ClN3OS. The molecule has 4 heterocycles. The summed E-state index contributed by atoms with van der Waals surface area (Å²) in [4.78, 5) is 7.21. The van der Waals surface area contributed by atoms with E-state index in [9.17, 15) is 0 Å². The Hall–Kier alpha value is -0.910. The number of hydrogen-bond donors (Lipinski definition) is 1. The molecule has 0 saturated heterocycles. The van der Waals surface area contributed by atoms with E-state index in [2.05, 4.69) is 18.4 Å². The van der Waals surface area contributed by atoms with Gasteiger partial charge in [0.15, 0.2) is 0 Å². The molecular weight excluding hydrogens is 318 g/mol. The molecule has 2 aliphatic rings. The van der Waals surface area contributed by atoms with E-state index in [0.717, 1.165) is 41.8 Å². The monoisotopic (exact) mass is 339 g/mol. The van der Waals surface area contributed by atoms with Crippen molar-refractivity contribution in [1.29, 1.82) is 5.41 Å². The Labute approximate surface area is 140 Å². The van der Waals surface area contributed by atoms with E-state index in [4.69, 9.17) is 15.1 Å². The SMILES string of the molecule is CC1(C)Cc2c(sc3nc4n(c(=N)c23)CCCCC4)CO1.Cl. The summed E-state index contributed by atoms with van der Waals surface area (Å²) in [6.07, 6.45) is 5.49. The number of fused-ring (bicyclic) bond motifs is 4. The van der Waals surface area contributed by atoms with Crippen LogP contribution >= 0.6 is 23.7 Å². The number of halogens is 1. The van der Waals surface area contributed by atoms with E-state index in [1.165, 1.54) is 23.3 Å². The quantitative estimate of drug-likeness (QED) is 0.797. The third kappa shape index (κ3) is 2.49. The fourth-order valence-electron chi connectivity index (χ4n) is 3.47. The van der Waals surface area contributed by atoms with E-state index in [1.807, 2.05) is 0 Å². The van der Waals surface area contributed by atoms with Crippen molar-refractivity contribution in [3.8, 4) is 0 Å². The van der Waals surface area contributed by atoms with E-state index in [1.54, 1.807) is 11.3 Å². The van der Waals surface area contributed by atoms with Crippen molar-refractivity contribution in [1.82, 2.24) is 9.55 Å². The van der Waals surface area contributed by atoms with E-state index in [-0.39, 0.29) is 18.0 Å². The van der Waals surface area contributed by atoms with Crippen LogP contribution in [-0.2, 0) is 30.7 Å². The molecule has 0 spiro atoms. The second-order valence-corrected chi connectivity index (χ2v) is 7.83. The third-order valence-electron chi connectivity index (χ3n) is 4.60. The molecule has 22 heavy (non-hydrogen) atoms. The smallest absolute Gasteiger partial charge is 0.136 e. The van der Waals surface area contributed by atoms with Crippen molar-refractivity contribution in [2.45, 2.75) is 64.7 Å². The van der Waals surface area contributed by atoms with Gasteiger partial charge in [-0.05, 0) is 32.3 Å². The number of aromatic nitrogens is 2. The summed E-state index contributed by atoms with van der Waals surface area (Å²) in [5.41, 5.74) is 1.85. The van der Waals surface area contributed by atoms with Crippen molar-refractivity contribution in [3.63, 3.8) is 0 Å². The van der Waals surface area contributed by atoms with E-state index >= 15 is 0 Å². The highest BCUT2D eigenvalue weighted by atomic mass is 35.5. The summed E-state index contributed by atoms with van der Waals surface area (Å²) in [7, 11) is 0. The van der Waals surface area contributed by atoms with Gasteiger partial charge >= 0.3 is 0 Å². The van der Waals surface area contributed by atoms with Crippen LogP contribution in [0.2, 0.25) is 0 Å². The summed E-state index contributed by atoms with van der Waals surface area (Å²) in [6, 6.07) is 0. The van der Waals surface area contributed by atoms with Gasteiger partial charge in [0.1, 0.15) is 16.1 Å². The van der Waals surface area contributed by atoms with Crippen LogP contribution in [0, 0.1) is 5.41 Å². The Morgan fingerprint density at radius 1 is 1.27 bits per heavy atom. The van der Waals surface area contributed by atoms with Gasteiger partial charge in [-0.2, -0.15) is 0 Å². The van der Waals surface area contributed by atoms with Crippen LogP contribution in [0.4, 0.5) is 0 Å². The Morgan fingerprint density at radius 3 is 2.91 bits per heavy atom. The van der Waals surface area contributed by atoms with Crippen molar-refractivity contribution in [3.05, 3.63) is 21.8 Å². The lowest BCUT2D eigenvalue weighted by atomic mass is 9.94. The van der Waals surface area contributed by atoms with Gasteiger partial charge in [0.25, 0.3) is 0 Å². The number of hydrogen-bond acceptors (Lipinski definition) is 4. The van der Waals surface area contributed by atoms with Crippen LogP contribution in [0.15, 0.2) is 0 Å². The second-order valence-electron chi connectivity index (χ2n) is 6.75. The Kier molecular flexibility index (Phi) is 4.08. The molecule has 0 amide bonds. The van der Waals surface area contributed by atoms with Gasteiger partial charge in [-0.3, -0.25) is 5.41 Å². The number of rotatable bonds is 0. The second kappa shape index (κ2) is 5.62. The fraction of sp³-hybridized carbons (Fsp3) is 0.625. The highest BCUT2D eigenvalue weighted by Gasteiger charge is 2.30. The average Bonchev–Trinajstić information content (AvgIpc) is 2.62. The molecule has 6 heteroatoms. The number of thiophene rings is 1. The molecule has 4 nitrogen and oxygen atoms in total. The van der Waals surface area contributed by atoms with Gasteiger partial charge in [0, 0.05) is 24.3 Å². The molecule has 120 valence electrons. The van der Waals surface area contributed by atoms with Crippen LogP contribution < -0.4 is 5.49 Å². The lowest BCUT2D eigenvalue weighted by molar-refractivity contribution is -0.0379. The summed E-state index contributed by atoms with van der Waals surface area (Å²) in [5, 5.41) is 9.77. The zero-order chi connectivity index (χ0) is 14.6. The average molecular weight is 340 g/mol. The molecule has 0 aliphatic carbocycles. The van der Waals surface area contributed by atoms with Crippen LogP contribution in [0.1, 0.15) is 49.4 Å². The normalized spacial score (nSPS) is 19.9. The first-order valence-electron chi connectivity index (χ1n) is 7.78. The Bertz CT molecular complexity index is 778. The van der Waals surface area contributed by atoms with Crippen LogP contribution in [0.25, 0.3) is 10.2 Å². The number of aryl methyl sites for hydroxylation is 1. The van der Waals surface area contributed by atoms with Gasteiger partial charge in [0.2, 0.25) is 0 Å². The summed E-state index contributed by atoms with van der Waals surface area (Å²) >= 11 is 1.72. The van der Waals surface area contributed by atoms with Gasteiger partial charge in [-0.1, -0.05) is 6.42 Å². The van der Waals surface area contributed by atoms with Gasteiger partial charge in [0.05, 0.1) is 17.6 Å². The first kappa shape index (κ1) is 16.0. The zero-order valence-corrected chi connectivity index (χ0v) is 14.7. The largest absolute Gasteiger partial charge is 0.370 e. The van der Waals surface area contributed by atoms with Crippen LogP contribution in [0.5, 0.6) is 0 Å². The third-order valence-corrected chi connectivity index (χ3v) is 5.70. The predicted octanol–water partition coefficient (Wildman–Crippen LogP) is 3.58. The van der Waals surface area contributed by atoms with Crippen LogP contribution in [-0.4, -0.2) is 15.2 Å². The fourth-order valence-corrected chi connectivity index (χ4v) is 4.59. The van der Waals surface area contributed by atoms with Crippen molar-refractivity contribution in [2.75, 3.05) is 0 Å². The lowest BCUT2D eigenvalue weighted by Crippen LogP contribution is -2.32. The maximum Gasteiger partial charge on any atom is 0.136 e. The molecule has 0 aromatic carbocycles. The Morgan fingerprint density at radius 2 is 2.09 bits per heavy atom. The Balaban J connectivity index is 0.00000144. The highest BCUT2D eigenvalue weighted by Crippen LogP contribution is 2.37. The highest BCUT2D eigenvalue weighted by molar-refractivity contribution is 7.18. The summed E-state index contributed by atoms with van der Waals surface area (Å²) in [5.74, 6) is 1.10. The zero-order valence-electron chi connectivity index (χ0n) is 13.1. The van der Waals surface area contributed by atoms with Crippen molar-refractivity contribution >= 4 is 34.0 Å². The molecule has 0 saturated carbocycles. The summed E-state index contributed by atoms with van der Waals surface area (Å²) < 4.78 is 8.06. The minimum atomic E-state index is -0.134. The molecule has 0 atom stereocenters. The van der Waals surface area contributed by atoms with Gasteiger partial charge in [-0.15, -0.1) is 23.7 Å². The molecule has 4 rings (SSSR count). The molecule has 2 aromatic rings. The summed E-state index contributed by atoms with van der Waals surface area (Å²) in [6.45, 7) is 5.87. The topological polar surface area (TPSA) is 50.9 Å². The molecule has 0 unspecified atom stereocenters. The van der Waals surface area contributed by atoms with E-state index < -0.39 is 0 Å². The minimum absolute atomic E-state index is 0. The van der Waals surface area contributed by atoms with Gasteiger partial charge < -0.3 is 9.30 Å². The van der Waals surface area contributed by atoms with Crippen molar-refractivity contribution < 1.29 is 4.74 Å².